The Morgan fingerprint density at radius 2 is 2.05 bits per heavy atom. The fraction of sp³-hybridized carbons (Fsp3) is 0.267. The van der Waals surface area contributed by atoms with Crippen LogP contribution >= 0.6 is 0 Å². The van der Waals surface area contributed by atoms with Crippen molar-refractivity contribution in [2.45, 2.75) is 19.0 Å². The van der Waals surface area contributed by atoms with E-state index in [2.05, 4.69) is 10.3 Å². The Morgan fingerprint density at radius 1 is 1.29 bits per heavy atom. The highest BCUT2D eigenvalue weighted by atomic mass is 16.3. The highest BCUT2D eigenvalue weighted by Gasteiger charge is 2.12. The van der Waals surface area contributed by atoms with E-state index in [0.717, 1.165) is 5.56 Å². The van der Waals surface area contributed by atoms with Gasteiger partial charge in [0.1, 0.15) is 6.54 Å². The van der Waals surface area contributed by atoms with Crippen molar-refractivity contribution in [1.82, 2.24) is 14.9 Å². The highest BCUT2D eigenvalue weighted by Crippen LogP contribution is 2.02. The second-order valence-corrected chi connectivity index (χ2v) is 4.67. The van der Waals surface area contributed by atoms with Crippen LogP contribution in [-0.2, 0) is 17.8 Å². The van der Waals surface area contributed by atoms with Crippen LogP contribution < -0.4 is 11.0 Å². The van der Waals surface area contributed by atoms with Gasteiger partial charge < -0.3 is 10.4 Å². The number of carbonyl (C=O) groups is 1. The third-order valence-corrected chi connectivity index (χ3v) is 3.01. The summed E-state index contributed by atoms with van der Waals surface area (Å²) < 4.78 is 1.21. The predicted octanol–water partition coefficient (Wildman–Crippen LogP) is -0.0369. The summed E-state index contributed by atoms with van der Waals surface area (Å²) in [7, 11) is 0. The van der Waals surface area contributed by atoms with E-state index in [9.17, 15) is 14.7 Å². The van der Waals surface area contributed by atoms with Crippen LogP contribution in [0.15, 0.2) is 53.6 Å². The number of aliphatic hydroxyl groups is 1. The fourth-order valence-corrected chi connectivity index (χ4v) is 2.00. The number of amides is 1. The molecular formula is C15H17N3O3. The van der Waals surface area contributed by atoms with Crippen molar-refractivity contribution in [3.63, 3.8) is 0 Å². The Balaban J connectivity index is 1.94. The molecular weight excluding hydrogens is 270 g/mol. The predicted molar refractivity (Wildman–Crippen MR) is 77.7 cm³/mol. The van der Waals surface area contributed by atoms with Gasteiger partial charge in [0.05, 0.1) is 12.6 Å². The molecule has 1 aromatic heterocycles. The SMILES string of the molecule is O=C(Cn1cccnc1=O)N[C@H](CO)Cc1ccccc1. The average molecular weight is 287 g/mol. The van der Waals surface area contributed by atoms with Gasteiger partial charge in [0, 0.05) is 12.4 Å². The number of hydrogen-bond acceptors (Lipinski definition) is 4. The van der Waals surface area contributed by atoms with Gasteiger partial charge in [0.25, 0.3) is 0 Å². The molecule has 0 radical (unpaired) electrons. The maximum atomic E-state index is 11.9. The standard InChI is InChI=1S/C15H17N3O3/c19-11-13(9-12-5-2-1-3-6-12)17-14(20)10-18-8-4-7-16-15(18)21/h1-8,13,19H,9-11H2,(H,17,20)/t13-/m0/s1. The summed E-state index contributed by atoms with van der Waals surface area (Å²) in [5, 5.41) is 12.1. The first-order valence-electron chi connectivity index (χ1n) is 6.64. The minimum Gasteiger partial charge on any atom is -0.394 e. The summed E-state index contributed by atoms with van der Waals surface area (Å²) in [6, 6.07) is 10.8. The summed E-state index contributed by atoms with van der Waals surface area (Å²) in [6.45, 7) is -0.277. The zero-order valence-electron chi connectivity index (χ0n) is 11.5. The van der Waals surface area contributed by atoms with Crippen molar-refractivity contribution in [1.29, 1.82) is 0 Å². The van der Waals surface area contributed by atoms with Gasteiger partial charge >= 0.3 is 5.69 Å². The zero-order chi connectivity index (χ0) is 15.1. The number of benzene rings is 1. The van der Waals surface area contributed by atoms with Crippen LogP contribution in [0.2, 0.25) is 0 Å². The summed E-state index contributed by atoms with van der Waals surface area (Å²) in [5.74, 6) is -0.333. The first kappa shape index (κ1) is 14.9. The third-order valence-electron chi connectivity index (χ3n) is 3.01. The molecule has 110 valence electrons. The number of hydrogen-bond donors (Lipinski definition) is 2. The summed E-state index contributed by atoms with van der Waals surface area (Å²) >= 11 is 0. The van der Waals surface area contributed by atoms with E-state index >= 15 is 0 Å². The van der Waals surface area contributed by atoms with Gasteiger partial charge in [-0.05, 0) is 18.1 Å². The number of aromatic nitrogens is 2. The molecule has 0 saturated carbocycles. The molecule has 2 rings (SSSR count). The van der Waals surface area contributed by atoms with Crippen LogP contribution in [0.4, 0.5) is 0 Å². The van der Waals surface area contributed by atoms with Gasteiger partial charge in [-0.25, -0.2) is 9.78 Å². The largest absolute Gasteiger partial charge is 0.394 e. The highest BCUT2D eigenvalue weighted by molar-refractivity contribution is 5.76. The monoisotopic (exact) mass is 287 g/mol. The molecule has 2 aromatic rings. The fourth-order valence-electron chi connectivity index (χ4n) is 2.00. The van der Waals surface area contributed by atoms with Gasteiger partial charge in [-0.2, -0.15) is 0 Å². The van der Waals surface area contributed by atoms with Crippen molar-refractivity contribution >= 4 is 5.91 Å². The second kappa shape index (κ2) is 7.35. The molecule has 1 amide bonds. The van der Waals surface area contributed by atoms with E-state index in [4.69, 9.17) is 0 Å². The van der Waals surface area contributed by atoms with Gasteiger partial charge in [-0.3, -0.25) is 9.36 Å². The number of aliphatic hydroxyl groups excluding tert-OH is 1. The van der Waals surface area contributed by atoms with Gasteiger partial charge in [-0.15, -0.1) is 0 Å². The lowest BCUT2D eigenvalue weighted by molar-refractivity contribution is -0.122. The molecule has 0 aliphatic rings. The van der Waals surface area contributed by atoms with Gasteiger partial charge in [-0.1, -0.05) is 30.3 Å². The van der Waals surface area contributed by atoms with E-state index < -0.39 is 5.69 Å². The lowest BCUT2D eigenvalue weighted by Gasteiger charge is -2.16. The minimum atomic E-state index is -0.476. The number of nitrogens with zero attached hydrogens (tertiary/aromatic N) is 2. The van der Waals surface area contributed by atoms with Gasteiger partial charge in [0.2, 0.25) is 5.91 Å². The lowest BCUT2D eigenvalue weighted by atomic mass is 10.1. The first-order chi connectivity index (χ1) is 10.2. The molecule has 0 unspecified atom stereocenters. The quantitative estimate of drug-likeness (QED) is 0.781. The summed E-state index contributed by atoms with van der Waals surface area (Å²) in [5.41, 5.74) is 0.548. The summed E-state index contributed by atoms with van der Waals surface area (Å²) in [4.78, 5) is 26.9. The molecule has 1 heterocycles. The molecule has 0 aliphatic heterocycles. The van der Waals surface area contributed by atoms with Crippen LogP contribution in [0.25, 0.3) is 0 Å². The van der Waals surface area contributed by atoms with Gasteiger partial charge in [0.15, 0.2) is 0 Å². The molecule has 0 bridgehead atoms. The Labute approximate surface area is 122 Å². The Kier molecular flexibility index (Phi) is 5.22. The average Bonchev–Trinajstić information content (AvgIpc) is 2.50. The Hall–Kier alpha value is -2.47. The van der Waals surface area contributed by atoms with Crippen LogP contribution in [0.3, 0.4) is 0 Å². The van der Waals surface area contributed by atoms with Crippen molar-refractivity contribution in [2.75, 3.05) is 6.61 Å². The minimum absolute atomic E-state index is 0.113. The normalized spacial score (nSPS) is 11.9. The van der Waals surface area contributed by atoms with Crippen LogP contribution in [-0.4, -0.2) is 33.2 Å². The Bertz CT molecular complexity index is 640. The molecule has 6 nitrogen and oxygen atoms in total. The molecule has 6 heteroatoms. The van der Waals surface area contributed by atoms with Crippen molar-refractivity contribution in [2.24, 2.45) is 0 Å². The molecule has 1 aromatic carbocycles. The first-order valence-corrected chi connectivity index (χ1v) is 6.64. The molecule has 1 atom stereocenters. The van der Waals surface area contributed by atoms with E-state index in [-0.39, 0.29) is 25.1 Å². The molecule has 0 aliphatic carbocycles. The summed E-state index contributed by atoms with van der Waals surface area (Å²) in [6.07, 6.45) is 3.41. The van der Waals surface area contributed by atoms with Crippen LogP contribution in [0, 0.1) is 0 Å². The van der Waals surface area contributed by atoms with E-state index in [0.29, 0.717) is 6.42 Å². The maximum absolute atomic E-state index is 11.9. The van der Waals surface area contributed by atoms with E-state index in [1.54, 1.807) is 6.07 Å². The van der Waals surface area contributed by atoms with Crippen molar-refractivity contribution in [3.05, 3.63) is 64.8 Å². The van der Waals surface area contributed by atoms with Crippen molar-refractivity contribution < 1.29 is 9.90 Å². The number of carbonyl (C=O) groups excluding carboxylic acids is 1. The molecule has 2 N–H and O–H groups in total. The van der Waals surface area contributed by atoms with Crippen LogP contribution in [0.1, 0.15) is 5.56 Å². The maximum Gasteiger partial charge on any atom is 0.347 e. The number of rotatable bonds is 6. The smallest absolute Gasteiger partial charge is 0.347 e. The molecule has 0 spiro atoms. The lowest BCUT2D eigenvalue weighted by Crippen LogP contribution is -2.42. The third kappa shape index (κ3) is 4.54. The number of nitrogens with one attached hydrogen (secondary N) is 1. The zero-order valence-corrected chi connectivity index (χ0v) is 11.5. The van der Waals surface area contributed by atoms with Crippen molar-refractivity contribution in [3.8, 4) is 0 Å². The Morgan fingerprint density at radius 3 is 2.71 bits per heavy atom. The topological polar surface area (TPSA) is 84.2 Å². The van der Waals surface area contributed by atoms with Crippen LogP contribution in [0.5, 0.6) is 0 Å². The molecule has 0 saturated heterocycles. The molecule has 0 fully saturated rings. The van der Waals surface area contributed by atoms with E-state index in [1.165, 1.54) is 17.0 Å². The molecule has 21 heavy (non-hydrogen) atoms. The van der Waals surface area contributed by atoms with E-state index in [1.807, 2.05) is 30.3 Å². The second-order valence-electron chi connectivity index (χ2n) is 4.67.